The SMILES string of the molecule is CN1CCC23c4c5ccc(O)c4OC2[C@H](O)[C@](CO)(CCCCCc2ccccc2)CC3C1C5. The number of hydrogen-bond acceptors (Lipinski definition) is 5. The molecule has 2 bridgehead atoms. The van der Waals surface area contributed by atoms with Crippen molar-refractivity contribution >= 4 is 0 Å². The highest BCUT2D eigenvalue weighted by atomic mass is 16.5. The summed E-state index contributed by atoms with van der Waals surface area (Å²) in [5.74, 6) is 1.08. The molecule has 6 rings (SSSR count). The Morgan fingerprint density at radius 2 is 1.91 bits per heavy atom. The Kier molecular flexibility index (Phi) is 5.43. The quantitative estimate of drug-likeness (QED) is 0.545. The summed E-state index contributed by atoms with van der Waals surface area (Å²) in [6.45, 7) is 0.943. The molecule has 182 valence electrons. The number of ether oxygens (including phenoxy) is 1. The van der Waals surface area contributed by atoms with Crippen LogP contribution in [-0.2, 0) is 18.3 Å². The molecule has 5 nitrogen and oxygen atoms in total. The van der Waals surface area contributed by atoms with Crippen molar-refractivity contribution in [1.82, 2.24) is 4.90 Å². The molecule has 2 aromatic carbocycles. The molecule has 2 fully saturated rings. The van der Waals surface area contributed by atoms with Crippen LogP contribution in [0.3, 0.4) is 0 Å². The lowest BCUT2D eigenvalue weighted by Gasteiger charge is -2.62. The predicted molar refractivity (Wildman–Crippen MR) is 131 cm³/mol. The van der Waals surface area contributed by atoms with Gasteiger partial charge in [0.1, 0.15) is 6.10 Å². The number of unbranched alkanes of at least 4 members (excludes halogenated alkanes) is 2. The van der Waals surface area contributed by atoms with Gasteiger partial charge in [0.05, 0.1) is 12.7 Å². The minimum atomic E-state index is -0.746. The van der Waals surface area contributed by atoms with Gasteiger partial charge in [0.25, 0.3) is 0 Å². The van der Waals surface area contributed by atoms with Gasteiger partial charge in [-0.3, -0.25) is 0 Å². The third-order valence-corrected chi connectivity index (χ3v) is 9.78. The van der Waals surface area contributed by atoms with Gasteiger partial charge in [-0.05, 0) is 75.2 Å². The second-order valence-electron chi connectivity index (χ2n) is 11.4. The Hall–Kier alpha value is -2.08. The van der Waals surface area contributed by atoms with Crippen molar-refractivity contribution in [2.45, 2.75) is 75.0 Å². The standard InChI is InChI=1S/C29H37NO4/c1-30-15-14-29-21-17-28(18-31,13-7-3-6-10-19-8-4-2-5-9-19)26(33)27(29)34-25-23(32)12-11-20(24(25)29)16-22(21)30/h2,4-5,8-9,11-12,21-22,26-27,31-33H,3,6-7,10,13-18H2,1H3/t21?,22?,26-,27?,28+,29?/m0/s1. The van der Waals surface area contributed by atoms with E-state index in [9.17, 15) is 15.3 Å². The number of rotatable bonds is 7. The molecule has 0 radical (unpaired) electrons. The lowest BCUT2D eigenvalue weighted by atomic mass is 9.46. The Morgan fingerprint density at radius 3 is 2.71 bits per heavy atom. The third kappa shape index (κ3) is 3.09. The smallest absolute Gasteiger partial charge is 0.165 e. The number of likely N-dealkylation sites (N-methyl/N-ethyl adjacent to an activating group) is 1. The highest BCUT2D eigenvalue weighted by Crippen LogP contribution is 2.66. The number of nitrogens with zero attached hydrogens (tertiary/aromatic N) is 1. The maximum Gasteiger partial charge on any atom is 0.165 e. The summed E-state index contributed by atoms with van der Waals surface area (Å²) in [6.07, 6.45) is 6.58. The summed E-state index contributed by atoms with van der Waals surface area (Å²) in [7, 11) is 2.21. The number of aryl methyl sites for hydroxylation is 1. The van der Waals surface area contributed by atoms with E-state index in [2.05, 4.69) is 48.3 Å². The molecule has 2 heterocycles. The largest absolute Gasteiger partial charge is 0.504 e. The molecule has 4 unspecified atom stereocenters. The number of hydrogen-bond donors (Lipinski definition) is 3. The maximum atomic E-state index is 11.8. The predicted octanol–water partition coefficient (Wildman–Crippen LogP) is 3.81. The Bertz CT molecular complexity index is 1060. The van der Waals surface area contributed by atoms with Crippen LogP contribution in [0, 0.1) is 11.3 Å². The fraction of sp³-hybridized carbons (Fsp3) is 0.586. The second-order valence-corrected chi connectivity index (χ2v) is 11.4. The van der Waals surface area contributed by atoms with Crippen LogP contribution in [0.25, 0.3) is 0 Å². The van der Waals surface area contributed by atoms with Gasteiger partial charge in [-0.2, -0.15) is 0 Å². The van der Waals surface area contributed by atoms with E-state index in [4.69, 9.17) is 4.74 Å². The van der Waals surface area contributed by atoms with E-state index in [-0.39, 0.29) is 17.8 Å². The average Bonchev–Trinajstić information content (AvgIpc) is 3.21. The number of phenolic OH excluding ortho intramolecular Hbond substituents is 1. The van der Waals surface area contributed by atoms with Gasteiger partial charge in [-0.25, -0.2) is 0 Å². The number of likely N-dealkylation sites (tertiary alicyclic amines) is 1. The minimum Gasteiger partial charge on any atom is -0.504 e. The molecule has 5 heteroatoms. The van der Waals surface area contributed by atoms with E-state index in [0.717, 1.165) is 63.5 Å². The Balaban J connectivity index is 1.26. The van der Waals surface area contributed by atoms with Gasteiger partial charge < -0.3 is 25.0 Å². The lowest BCUT2D eigenvalue weighted by molar-refractivity contribution is -0.179. The fourth-order valence-electron chi connectivity index (χ4n) is 8.00. The van der Waals surface area contributed by atoms with Crippen molar-refractivity contribution in [2.75, 3.05) is 20.2 Å². The highest BCUT2D eigenvalue weighted by molar-refractivity contribution is 5.61. The van der Waals surface area contributed by atoms with Crippen molar-refractivity contribution < 1.29 is 20.1 Å². The van der Waals surface area contributed by atoms with Crippen molar-refractivity contribution in [3.63, 3.8) is 0 Å². The molecule has 4 aliphatic rings. The monoisotopic (exact) mass is 463 g/mol. The number of aromatic hydroxyl groups is 1. The van der Waals surface area contributed by atoms with Gasteiger partial charge in [0.2, 0.25) is 0 Å². The third-order valence-electron chi connectivity index (χ3n) is 9.78. The maximum absolute atomic E-state index is 11.8. The van der Waals surface area contributed by atoms with Gasteiger partial charge in [0, 0.05) is 22.4 Å². The topological polar surface area (TPSA) is 73.2 Å². The summed E-state index contributed by atoms with van der Waals surface area (Å²) in [5, 5.41) is 33.2. The average molecular weight is 464 g/mol. The van der Waals surface area contributed by atoms with Crippen molar-refractivity contribution in [3.05, 3.63) is 59.2 Å². The zero-order chi connectivity index (χ0) is 23.5. The van der Waals surface area contributed by atoms with Crippen LogP contribution < -0.4 is 4.74 Å². The lowest BCUT2D eigenvalue weighted by Crippen LogP contribution is -2.70. The van der Waals surface area contributed by atoms with E-state index in [1.165, 1.54) is 11.1 Å². The number of aliphatic hydroxyl groups is 2. The molecular weight excluding hydrogens is 426 g/mol. The molecule has 2 aliphatic heterocycles. The van der Waals surface area contributed by atoms with E-state index in [1.54, 1.807) is 6.07 Å². The summed E-state index contributed by atoms with van der Waals surface area (Å²) < 4.78 is 6.47. The molecule has 1 spiro atoms. The van der Waals surface area contributed by atoms with Gasteiger partial charge in [0.15, 0.2) is 11.5 Å². The zero-order valence-electron chi connectivity index (χ0n) is 20.1. The van der Waals surface area contributed by atoms with Crippen molar-refractivity contribution in [1.29, 1.82) is 0 Å². The van der Waals surface area contributed by atoms with Gasteiger partial charge >= 0.3 is 0 Å². The van der Waals surface area contributed by atoms with Crippen LogP contribution in [0.4, 0.5) is 0 Å². The Morgan fingerprint density at radius 1 is 1.09 bits per heavy atom. The molecule has 1 saturated carbocycles. The highest BCUT2D eigenvalue weighted by Gasteiger charge is 2.69. The number of piperidine rings is 1. The molecule has 34 heavy (non-hydrogen) atoms. The van der Waals surface area contributed by atoms with Gasteiger partial charge in [-0.1, -0.05) is 49.2 Å². The normalized spacial score (nSPS) is 35.6. The molecule has 2 aromatic rings. The minimum absolute atomic E-state index is 0.0229. The van der Waals surface area contributed by atoms with Crippen molar-refractivity contribution in [2.24, 2.45) is 11.3 Å². The Labute approximate surface area is 202 Å². The van der Waals surface area contributed by atoms with Crippen LogP contribution in [0.5, 0.6) is 11.5 Å². The molecule has 2 aliphatic carbocycles. The summed E-state index contributed by atoms with van der Waals surface area (Å²) in [5.41, 5.74) is 2.96. The fourth-order valence-corrected chi connectivity index (χ4v) is 8.00. The van der Waals surface area contributed by atoms with Crippen LogP contribution >= 0.6 is 0 Å². The molecular formula is C29H37NO4. The van der Waals surface area contributed by atoms with E-state index in [1.807, 2.05) is 0 Å². The van der Waals surface area contributed by atoms with E-state index < -0.39 is 17.6 Å². The first-order valence-electron chi connectivity index (χ1n) is 13.1. The summed E-state index contributed by atoms with van der Waals surface area (Å²) in [6, 6.07) is 14.8. The van der Waals surface area contributed by atoms with Crippen LogP contribution in [0.1, 0.15) is 55.2 Å². The number of phenols is 1. The zero-order valence-corrected chi connectivity index (χ0v) is 20.1. The van der Waals surface area contributed by atoms with Crippen LogP contribution in [-0.4, -0.2) is 58.7 Å². The number of benzene rings is 2. The first kappa shape index (κ1) is 22.4. The first-order chi connectivity index (χ1) is 16.5. The molecule has 0 aromatic heterocycles. The van der Waals surface area contributed by atoms with E-state index in [0.29, 0.717) is 17.7 Å². The first-order valence-corrected chi connectivity index (χ1v) is 13.1. The van der Waals surface area contributed by atoms with Gasteiger partial charge in [-0.15, -0.1) is 0 Å². The second kappa shape index (κ2) is 8.25. The summed E-state index contributed by atoms with van der Waals surface area (Å²) in [4.78, 5) is 2.47. The molecule has 1 saturated heterocycles. The van der Waals surface area contributed by atoms with E-state index >= 15 is 0 Å². The molecule has 6 atom stereocenters. The van der Waals surface area contributed by atoms with Crippen LogP contribution in [0.2, 0.25) is 0 Å². The molecule has 3 N–H and O–H groups in total. The number of aliphatic hydroxyl groups excluding tert-OH is 2. The molecule has 0 amide bonds. The van der Waals surface area contributed by atoms with Crippen molar-refractivity contribution in [3.8, 4) is 11.5 Å². The summed E-state index contributed by atoms with van der Waals surface area (Å²) >= 11 is 0. The van der Waals surface area contributed by atoms with Crippen LogP contribution in [0.15, 0.2) is 42.5 Å².